The van der Waals surface area contributed by atoms with Crippen LogP contribution in [0.3, 0.4) is 0 Å². The Morgan fingerprint density at radius 3 is 2.71 bits per heavy atom. The van der Waals surface area contributed by atoms with Gasteiger partial charge in [0.15, 0.2) is 0 Å². The molecule has 0 spiro atoms. The molecule has 0 N–H and O–H groups in total. The first-order chi connectivity index (χ1) is 6.83. The molecule has 0 radical (unpaired) electrons. The number of ketones is 1. The van der Waals surface area contributed by atoms with Crippen molar-refractivity contribution in [1.82, 2.24) is 0 Å². The van der Waals surface area contributed by atoms with Gasteiger partial charge < -0.3 is 4.74 Å². The van der Waals surface area contributed by atoms with E-state index in [1.807, 2.05) is 12.1 Å². The second-order valence-corrected chi connectivity index (χ2v) is 4.08. The highest BCUT2D eigenvalue weighted by Crippen LogP contribution is 2.52. The lowest BCUT2D eigenvalue weighted by Crippen LogP contribution is -2.16. The number of carbonyl (C=O) groups excluding carboxylic acids is 1. The van der Waals surface area contributed by atoms with Crippen LogP contribution < -0.4 is 0 Å². The monoisotopic (exact) mass is 188 g/mol. The molecule has 2 bridgehead atoms. The van der Waals surface area contributed by atoms with E-state index in [9.17, 15) is 4.79 Å². The molecule has 1 saturated carbocycles. The van der Waals surface area contributed by atoms with Gasteiger partial charge in [-0.1, -0.05) is 24.3 Å². The fraction of sp³-hybridized carbons (Fsp3) is 0.417. The molecule has 0 aliphatic heterocycles. The van der Waals surface area contributed by atoms with E-state index in [1.54, 1.807) is 7.11 Å². The van der Waals surface area contributed by atoms with Crippen molar-refractivity contribution in [3.8, 4) is 0 Å². The fourth-order valence-electron chi connectivity index (χ4n) is 2.94. The topological polar surface area (TPSA) is 26.3 Å². The van der Waals surface area contributed by atoms with Gasteiger partial charge >= 0.3 is 0 Å². The lowest BCUT2D eigenvalue weighted by atomic mass is 9.91. The predicted octanol–water partition coefficient (Wildman–Crippen LogP) is 1.86. The summed E-state index contributed by atoms with van der Waals surface area (Å²) in [5, 5.41) is 0. The molecule has 2 heteroatoms. The summed E-state index contributed by atoms with van der Waals surface area (Å²) < 4.78 is 5.43. The average Bonchev–Trinajstić information content (AvgIpc) is 2.69. The third kappa shape index (κ3) is 0.819. The van der Waals surface area contributed by atoms with Gasteiger partial charge in [-0.25, -0.2) is 0 Å². The summed E-state index contributed by atoms with van der Waals surface area (Å²) in [6.07, 6.45) is 0.764. The third-order valence-electron chi connectivity index (χ3n) is 3.50. The highest BCUT2D eigenvalue weighted by Gasteiger charge is 2.51. The van der Waals surface area contributed by atoms with Gasteiger partial charge in [-0.2, -0.15) is 0 Å². The Morgan fingerprint density at radius 1 is 1.29 bits per heavy atom. The van der Waals surface area contributed by atoms with Crippen molar-refractivity contribution in [3.05, 3.63) is 35.4 Å². The fourth-order valence-corrected chi connectivity index (χ4v) is 2.94. The lowest BCUT2D eigenvalue weighted by Gasteiger charge is -2.11. The second-order valence-electron chi connectivity index (χ2n) is 4.08. The lowest BCUT2D eigenvalue weighted by molar-refractivity contribution is -0.119. The Bertz CT molecular complexity index is 397. The summed E-state index contributed by atoms with van der Waals surface area (Å²) in [5.74, 6) is 0.676. The largest absolute Gasteiger partial charge is 0.380 e. The van der Waals surface area contributed by atoms with Crippen LogP contribution in [0.1, 0.15) is 29.4 Å². The summed E-state index contributed by atoms with van der Waals surface area (Å²) in [7, 11) is 1.70. The highest BCUT2D eigenvalue weighted by molar-refractivity contribution is 5.93. The number of hydrogen-bond acceptors (Lipinski definition) is 2. The molecular formula is C12H12O2. The van der Waals surface area contributed by atoms with Crippen molar-refractivity contribution in [1.29, 1.82) is 0 Å². The van der Waals surface area contributed by atoms with E-state index in [1.165, 1.54) is 11.1 Å². The standard InChI is InChI=1S/C12H12O2/c1-14-12-9-6-10(13)11(12)8-5-3-2-4-7(8)9/h2-5,9,11-12H,6H2,1H3/t9-,11-,12?/m0/s1. The summed E-state index contributed by atoms with van der Waals surface area (Å²) in [5.41, 5.74) is 2.52. The molecule has 1 aromatic rings. The van der Waals surface area contributed by atoms with Crippen molar-refractivity contribution < 1.29 is 9.53 Å². The quantitative estimate of drug-likeness (QED) is 0.672. The van der Waals surface area contributed by atoms with Gasteiger partial charge in [-0.05, 0) is 11.1 Å². The molecule has 0 aromatic heterocycles. The average molecular weight is 188 g/mol. The Hall–Kier alpha value is -1.15. The number of Topliss-reactive ketones (excluding diaryl/α,β-unsaturated/α-hetero) is 1. The van der Waals surface area contributed by atoms with E-state index in [0.717, 1.165) is 0 Å². The van der Waals surface area contributed by atoms with Crippen LogP contribution in [-0.4, -0.2) is 19.0 Å². The van der Waals surface area contributed by atoms with E-state index in [0.29, 0.717) is 18.1 Å². The maximum atomic E-state index is 11.7. The summed E-state index contributed by atoms with van der Waals surface area (Å²) in [6.45, 7) is 0. The first kappa shape index (κ1) is 8.18. The van der Waals surface area contributed by atoms with Gasteiger partial charge in [0.1, 0.15) is 5.78 Å². The zero-order chi connectivity index (χ0) is 9.71. The zero-order valence-electron chi connectivity index (χ0n) is 8.07. The van der Waals surface area contributed by atoms with Crippen LogP contribution in [0.15, 0.2) is 24.3 Å². The molecule has 72 valence electrons. The zero-order valence-corrected chi connectivity index (χ0v) is 8.07. The van der Waals surface area contributed by atoms with Crippen molar-refractivity contribution in [2.45, 2.75) is 24.4 Å². The van der Waals surface area contributed by atoms with Crippen molar-refractivity contribution in [2.24, 2.45) is 0 Å². The van der Waals surface area contributed by atoms with Crippen molar-refractivity contribution in [3.63, 3.8) is 0 Å². The maximum Gasteiger partial charge on any atom is 0.143 e. The highest BCUT2D eigenvalue weighted by atomic mass is 16.5. The molecule has 0 heterocycles. The maximum absolute atomic E-state index is 11.7. The molecule has 2 aliphatic carbocycles. The van der Waals surface area contributed by atoms with Gasteiger partial charge in [-0.3, -0.25) is 4.79 Å². The molecule has 2 aliphatic rings. The van der Waals surface area contributed by atoms with Crippen LogP contribution in [0.25, 0.3) is 0 Å². The second kappa shape index (κ2) is 2.67. The normalized spacial score (nSPS) is 33.5. The third-order valence-corrected chi connectivity index (χ3v) is 3.50. The van der Waals surface area contributed by atoms with Crippen LogP contribution in [0, 0.1) is 0 Å². The summed E-state index contributed by atoms with van der Waals surface area (Å²) in [4.78, 5) is 11.7. The van der Waals surface area contributed by atoms with E-state index in [4.69, 9.17) is 4.74 Å². The summed E-state index contributed by atoms with van der Waals surface area (Å²) in [6, 6.07) is 8.22. The number of benzene rings is 1. The predicted molar refractivity (Wildman–Crippen MR) is 52.3 cm³/mol. The molecule has 3 atom stereocenters. The van der Waals surface area contributed by atoms with E-state index in [2.05, 4.69) is 12.1 Å². The molecule has 0 amide bonds. The van der Waals surface area contributed by atoms with Crippen LogP contribution in [0.2, 0.25) is 0 Å². The Balaban J connectivity index is 2.17. The molecule has 3 rings (SSSR count). The van der Waals surface area contributed by atoms with Gasteiger partial charge in [0.05, 0.1) is 12.0 Å². The first-order valence-corrected chi connectivity index (χ1v) is 4.97. The van der Waals surface area contributed by atoms with E-state index < -0.39 is 0 Å². The van der Waals surface area contributed by atoms with E-state index >= 15 is 0 Å². The van der Waals surface area contributed by atoms with Crippen LogP contribution >= 0.6 is 0 Å². The molecular weight excluding hydrogens is 176 g/mol. The molecule has 2 nitrogen and oxygen atoms in total. The number of rotatable bonds is 1. The van der Waals surface area contributed by atoms with Crippen molar-refractivity contribution in [2.75, 3.05) is 7.11 Å². The molecule has 14 heavy (non-hydrogen) atoms. The van der Waals surface area contributed by atoms with Gasteiger partial charge in [-0.15, -0.1) is 0 Å². The Kier molecular flexibility index (Phi) is 1.56. The molecule has 1 aromatic carbocycles. The summed E-state index contributed by atoms with van der Waals surface area (Å²) >= 11 is 0. The number of hydrogen-bond donors (Lipinski definition) is 0. The van der Waals surface area contributed by atoms with Crippen molar-refractivity contribution >= 4 is 5.78 Å². The van der Waals surface area contributed by atoms with Gasteiger partial charge in [0, 0.05) is 19.4 Å². The van der Waals surface area contributed by atoms with Gasteiger partial charge in [0.2, 0.25) is 0 Å². The number of carbonyl (C=O) groups is 1. The van der Waals surface area contributed by atoms with E-state index in [-0.39, 0.29) is 12.0 Å². The van der Waals surface area contributed by atoms with Gasteiger partial charge in [0.25, 0.3) is 0 Å². The Morgan fingerprint density at radius 2 is 2.00 bits per heavy atom. The molecule has 1 fully saturated rings. The SMILES string of the molecule is COC1[C@@H]2C(=O)C[C@H]1c1ccccc12. The molecule has 1 unspecified atom stereocenters. The minimum absolute atomic E-state index is 0.0150. The number of ether oxygens (including phenoxy) is 1. The smallest absolute Gasteiger partial charge is 0.143 e. The minimum Gasteiger partial charge on any atom is -0.380 e. The number of methoxy groups -OCH3 is 1. The minimum atomic E-state index is 0.0150. The van der Waals surface area contributed by atoms with Crippen LogP contribution in [0.5, 0.6) is 0 Å². The Labute approximate surface area is 82.9 Å². The van der Waals surface area contributed by atoms with Crippen LogP contribution in [0.4, 0.5) is 0 Å². The first-order valence-electron chi connectivity index (χ1n) is 4.97. The van der Waals surface area contributed by atoms with Crippen LogP contribution in [-0.2, 0) is 9.53 Å². The molecule has 0 saturated heterocycles. The number of fused-ring (bicyclic) bond motifs is 5.